The van der Waals surface area contributed by atoms with Gasteiger partial charge < -0.3 is 40.2 Å². The van der Waals surface area contributed by atoms with E-state index < -0.39 is 55.1 Å². The molecule has 0 radical (unpaired) electrons. The van der Waals surface area contributed by atoms with Crippen molar-refractivity contribution in [3.63, 3.8) is 0 Å². The highest BCUT2D eigenvalue weighted by atomic mass is 19.1. The Morgan fingerprint density at radius 2 is 1.78 bits per heavy atom. The van der Waals surface area contributed by atoms with Crippen molar-refractivity contribution in [1.29, 1.82) is 0 Å². The van der Waals surface area contributed by atoms with Crippen molar-refractivity contribution in [1.82, 2.24) is 9.88 Å². The Labute approximate surface area is 211 Å². The van der Waals surface area contributed by atoms with Crippen LogP contribution in [0.3, 0.4) is 0 Å². The van der Waals surface area contributed by atoms with E-state index in [-0.39, 0.29) is 10.9 Å². The first-order valence-corrected chi connectivity index (χ1v) is 11.8. The minimum atomic E-state index is -2.19. The summed E-state index contributed by atoms with van der Waals surface area (Å²) in [6.07, 6.45) is -5.31. The lowest BCUT2D eigenvalue weighted by atomic mass is 9.83. The standard InChI is InChI=1S/C27H27FN2O7/c28-18-7-8-21-19(10-18)20(12-30(21)11-15-5-6-16-3-1-2-4-17(16)9-15)25(35)29-27(14-32)24(34)23(33)22(13-31)37-26(27)36/h1-10,12,22-24,26,31-34,36H,11,13-14H2,(H,29,35)/t22-,23-,24+,26?,27-/m1/s1. The molecule has 4 aromatic rings. The smallest absolute Gasteiger partial charge is 0.254 e. The topological polar surface area (TPSA) is 144 Å². The van der Waals surface area contributed by atoms with Crippen molar-refractivity contribution in [3.05, 3.63) is 83.8 Å². The number of hydrogen-bond acceptors (Lipinski definition) is 7. The Balaban J connectivity index is 1.51. The molecule has 0 spiro atoms. The molecule has 0 aliphatic carbocycles. The number of aliphatic hydroxyl groups is 5. The lowest BCUT2D eigenvalue weighted by Gasteiger charge is -2.48. The molecule has 194 valence electrons. The van der Waals surface area contributed by atoms with Gasteiger partial charge in [0.25, 0.3) is 5.91 Å². The van der Waals surface area contributed by atoms with Gasteiger partial charge in [-0.05, 0) is 40.6 Å². The molecule has 9 nitrogen and oxygen atoms in total. The van der Waals surface area contributed by atoms with Crippen LogP contribution < -0.4 is 5.32 Å². The second kappa shape index (κ2) is 9.82. The molecule has 5 rings (SSSR count). The Kier molecular flexibility index (Phi) is 6.71. The number of halogens is 1. The van der Waals surface area contributed by atoms with Gasteiger partial charge >= 0.3 is 0 Å². The van der Waals surface area contributed by atoms with Crippen molar-refractivity contribution < 1.29 is 39.5 Å². The molecule has 1 aliphatic rings. The molecule has 5 atom stereocenters. The summed E-state index contributed by atoms with van der Waals surface area (Å²) in [5.74, 6) is -1.40. The van der Waals surface area contributed by atoms with E-state index in [2.05, 4.69) is 5.32 Å². The van der Waals surface area contributed by atoms with Crippen LogP contribution in [0.15, 0.2) is 66.9 Å². The first-order valence-electron chi connectivity index (χ1n) is 11.8. The van der Waals surface area contributed by atoms with Crippen LogP contribution in [0.25, 0.3) is 21.7 Å². The van der Waals surface area contributed by atoms with E-state index in [0.717, 1.165) is 16.3 Å². The number of benzene rings is 3. The zero-order valence-electron chi connectivity index (χ0n) is 19.7. The number of nitrogens with zero attached hydrogens (tertiary/aromatic N) is 1. The van der Waals surface area contributed by atoms with E-state index in [1.807, 2.05) is 42.5 Å². The number of carbonyl (C=O) groups is 1. The molecular weight excluding hydrogens is 483 g/mol. The zero-order valence-corrected chi connectivity index (χ0v) is 19.7. The Bertz CT molecular complexity index is 1460. The van der Waals surface area contributed by atoms with Crippen LogP contribution in [0.2, 0.25) is 0 Å². The summed E-state index contributed by atoms with van der Waals surface area (Å²) in [6, 6.07) is 17.9. The van der Waals surface area contributed by atoms with Crippen molar-refractivity contribution in [2.75, 3.05) is 13.2 Å². The number of hydrogen-bond donors (Lipinski definition) is 6. The molecule has 6 N–H and O–H groups in total. The molecule has 0 saturated carbocycles. The minimum absolute atomic E-state index is 0.0290. The molecule has 0 bridgehead atoms. The van der Waals surface area contributed by atoms with E-state index >= 15 is 0 Å². The first-order chi connectivity index (χ1) is 17.8. The Morgan fingerprint density at radius 3 is 2.51 bits per heavy atom. The third-order valence-corrected chi connectivity index (χ3v) is 7.02. The summed E-state index contributed by atoms with van der Waals surface area (Å²) >= 11 is 0. The van der Waals surface area contributed by atoms with Gasteiger partial charge in [-0.1, -0.05) is 36.4 Å². The third-order valence-electron chi connectivity index (χ3n) is 7.02. The van der Waals surface area contributed by atoms with Crippen LogP contribution in [0, 0.1) is 5.82 Å². The SMILES string of the molecule is O=C(N[C@@]1(CO)C(O)O[C@H](CO)[C@@H](O)[C@@H]1O)c1cn(Cc2ccc3ccccc3c2)c2ccc(F)cc12. The van der Waals surface area contributed by atoms with Crippen molar-refractivity contribution in [2.24, 2.45) is 0 Å². The predicted molar refractivity (Wildman–Crippen MR) is 132 cm³/mol. The molecular formula is C27H27FN2O7. The minimum Gasteiger partial charge on any atom is -0.394 e. The lowest BCUT2D eigenvalue weighted by molar-refractivity contribution is -0.288. The van der Waals surface area contributed by atoms with Gasteiger partial charge in [0.1, 0.15) is 29.7 Å². The molecule has 1 amide bonds. The van der Waals surface area contributed by atoms with Gasteiger partial charge in [0.05, 0.1) is 18.8 Å². The number of ether oxygens (including phenoxy) is 1. The summed E-state index contributed by atoms with van der Waals surface area (Å²) in [5.41, 5.74) is -0.647. The summed E-state index contributed by atoms with van der Waals surface area (Å²) in [7, 11) is 0. The molecule has 37 heavy (non-hydrogen) atoms. The fourth-order valence-corrected chi connectivity index (χ4v) is 4.91. The average molecular weight is 511 g/mol. The van der Waals surface area contributed by atoms with Crippen molar-refractivity contribution >= 4 is 27.6 Å². The molecule has 10 heteroatoms. The monoisotopic (exact) mass is 510 g/mol. The molecule has 1 unspecified atom stereocenters. The maximum atomic E-state index is 14.2. The maximum Gasteiger partial charge on any atom is 0.254 e. The van der Waals surface area contributed by atoms with Gasteiger partial charge in [-0.2, -0.15) is 0 Å². The first kappa shape index (κ1) is 25.3. The van der Waals surface area contributed by atoms with E-state index in [1.165, 1.54) is 18.3 Å². The largest absolute Gasteiger partial charge is 0.394 e. The van der Waals surface area contributed by atoms with Crippen LogP contribution >= 0.6 is 0 Å². The molecule has 2 heterocycles. The molecule has 3 aromatic carbocycles. The average Bonchev–Trinajstić information content (AvgIpc) is 3.25. The van der Waals surface area contributed by atoms with Crippen LogP contribution in [0.1, 0.15) is 15.9 Å². The molecule has 1 saturated heterocycles. The van der Waals surface area contributed by atoms with Crippen molar-refractivity contribution in [3.8, 4) is 0 Å². The maximum absolute atomic E-state index is 14.2. The van der Waals surface area contributed by atoms with Gasteiger partial charge in [0.2, 0.25) is 0 Å². The summed E-state index contributed by atoms with van der Waals surface area (Å²) in [5, 5.41) is 55.6. The highest BCUT2D eigenvalue weighted by Crippen LogP contribution is 2.31. The number of fused-ring (bicyclic) bond motifs is 2. The molecule has 1 aliphatic heterocycles. The second-order valence-corrected chi connectivity index (χ2v) is 9.31. The highest BCUT2D eigenvalue weighted by molar-refractivity contribution is 6.07. The Hall–Kier alpha value is -3.38. The van der Waals surface area contributed by atoms with E-state index in [9.17, 15) is 34.7 Å². The molecule has 1 fully saturated rings. The van der Waals surface area contributed by atoms with Crippen LogP contribution in [0.4, 0.5) is 4.39 Å². The van der Waals surface area contributed by atoms with E-state index in [1.54, 1.807) is 10.6 Å². The van der Waals surface area contributed by atoms with Crippen LogP contribution in [-0.4, -0.2) is 79.4 Å². The summed E-state index contributed by atoms with van der Waals surface area (Å²) < 4.78 is 21.1. The normalized spacial score (nSPS) is 26.0. The summed E-state index contributed by atoms with van der Waals surface area (Å²) in [4.78, 5) is 13.4. The van der Waals surface area contributed by atoms with E-state index in [0.29, 0.717) is 12.1 Å². The number of rotatable bonds is 6. The number of carbonyl (C=O) groups excluding carboxylic acids is 1. The predicted octanol–water partition coefficient (Wildman–Crippen LogP) is 0.874. The van der Waals surface area contributed by atoms with Gasteiger partial charge in [-0.3, -0.25) is 4.79 Å². The van der Waals surface area contributed by atoms with Crippen LogP contribution in [0.5, 0.6) is 0 Å². The zero-order chi connectivity index (χ0) is 26.3. The van der Waals surface area contributed by atoms with E-state index in [4.69, 9.17) is 4.74 Å². The summed E-state index contributed by atoms with van der Waals surface area (Å²) in [6.45, 7) is -1.32. The molecule has 1 aromatic heterocycles. The third kappa shape index (κ3) is 4.37. The Morgan fingerprint density at radius 1 is 1.03 bits per heavy atom. The number of nitrogens with one attached hydrogen (secondary N) is 1. The fraction of sp³-hybridized carbons (Fsp3) is 0.296. The van der Waals surface area contributed by atoms with Gasteiger partial charge in [0, 0.05) is 23.6 Å². The van der Waals surface area contributed by atoms with Gasteiger partial charge in [-0.25, -0.2) is 4.39 Å². The van der Waals surface area contributed by atoms with Crippen molar-refractivity contribution in [2.45, 2.75) is 36.7 Å². The highest BCUT2D eigenvalue weighted by Gasteiger charge is 2.56. The number of aromatic nitrogens is 1. The van der Waals surface area contributed by atoms with Gasteiger partial charge in [-0.15, -0.1) is 0 Å². The number of aliphatic hydroxyl groups excluding tert-OH is 5. The lowest BCUT2D eigenvalue weighted by Crippen LogP contribution is -2.74. The second-order valence-electron chi connectivity index (χ2n) is 9.31. The van der Waals surface area contributed by atoms with Crippen LogP contribution in [-0.2, 0) is 11.3 Å². The van der Waals surface area contributed by atoms with Gasteiger partial charge in [0.15, 0.2) is 6.29 Å². The number of amides is 1. The fourth-order valence-electron chi connectivity index (χ4n) is 4.91. The quantitative estimate of drug-likeness (QED) is 0.226.